The van der Waals surface area contributed by atoms with Gasteiger partial charge in [-0.2, -0.15) is 0 Å². The summed E-state index contributed by atoms with van der Waals surface area (Å²) in [5.74, 6) is 0.798. The Bertz CT molecular complexity index is 734. The molecule has 0 aliphatic carbocycles. The number of hydrogen-bond acceptors (Lipinski definition) is 2. The van der Waals surface area contributed by atoms with Gasteiger partial charge in [0.25, 0.3) is 0 Å². The van der Waals surface area contributed by atoms with Gasteiger partial charge in [0.15, 0.2) is 5.43 Å². The van der Waals surface area contributed by atoms with Crippen LogP contribution in [0.15, 0.2) is 35.6 Å². The van der Waals surface area contributed by atoms with Crippen molar-refractivity contribution in [3.05, 3.63) is 52.5 Å². The molecule has 0 atom stereocenters. The first-order valence-corrected chi connectivity index (χ1v) is 5.37. The summed E-state index contributed by atoms with van der Waals surface area (Å²) in [6.45, 7) is 4.01. The first-order valence-electron chi connectivity index (χ1n) is 5.37. The summed E-state index contributed by atoms with van der Waals surface area (Å²) in [6, 6.07) is 3.20. The highest BCUT2D eigenvalue weighted by Crippen LogP contribution is 2.14. The Kier molecular flexibility index (Phi) is 1.95. The van der Waals surface area contributed by atoms with Crippen molar-refractivity contribution in [2.24, 2.45) is 0 Å². The Morgan fingerprint density at radius 1 is 1.29 bits per heavy atom. The van der Waals surface area contributed by atoms with Gasteiger partial charge in [-0.05, 0) is 13.8 Å². The van der Waals surface area contributed by atoms with Crippen molar-refractivity contribution >= 4 is 5.65 Å². The molecule has 0 aromatic carbocycles. The lowest BCUT2D eigenvalue weighted by molar-refractivity contribution is 0.931. The van der Waals surface area contributed by atoms with Crippen molar-refractivity contribution in [1.29, 1.82) is 0 Å². The molecule has 3 aromatic heterocycles. The largest absolute Gasteiger partial charge is 0.343 e. The second kappa shape index (κ2) is 3.35. The summed E-state index contributed by atoms with van der Waals surface area (Å²) >= 11 is 0. The molecule has 0 fully saturated rings. The minimum absolute atomic E-state index is 0.0186. The van der Waals surface area contributed by atoms with Crippen LogP contribution in [0.3, 0.4) is 0 Å². The number of aryl methyl sites for hydroxylation is 2. The highest BCUT2D eigenvalue weighted by molar-refractivity contribution is 5.48. The second-order valence-electron chi connectivity index (χ2n) is 4.08. The second-order valence-corrected chi connectivity index (χ2v) is 4.08. The van der Waals surface area contributed by atoms with E-state index in [-0.39, 0.29) is 5.43 Å². The highest BCUT2D eigenvalue weighted by Gasteiger charge is 2.09. The molecule has 0 aliphatic rings. The molecule has 0 unspecified atom stereocenters. The minimum Gasteiger partial charge on any atom is -0.343 e. The van der Waals surface area contributed by atoms with E-state index in [0.717, 1.165) is 22.9 Å². The van der Waals surface area contributed by atoms with Gasteiger partial charge < -0.3 is 4.98 Å². The van der Waals surface area contributed by atoms with Crippen LogP contribution in [0, 0.1) is 13.8 Å². The molecule has 86 valence electrons. The standard InChI is InChI=1S/C12H12N4O/c1-8-9(2)16-11(14-8)5-10(17)6-12(16)15-4-3-13-7-15/h3-7,14H,1-2H3. The number of rotatable bonds is 1. The molecule has 0 aliphatic heterocycles. The predicted molar refractivity (Wildman–Crippen MR) is 64.6 cm³/mol. The molecule has 17 heavy (non-hydrogen) atoms. The smallest absolute Gasteiger partial charge is 0.185 e. The fourth-order valence-electron chi connectivity index (χ4n) is 2.04. The molecule has 0 radical (unpaired) electrons. The molecule has 0 spiro atoms. The van der Waals surface area contributed by atoms with Crippen LogP contribution in [0.25, 0.3) is 11.5 Å². The Balaban J connectivity index is 2.48. The number of imidazole rings is 2. The van der Waals surface area contributed by atoms with E-state index in [9.17, 15) is 4.79 Å². The summed E-state index contributed by atoms with van der Waals surface area (Å²) in [7, 11) is 0. The van der Waals surface area contributed by atoms with Gasteiger partial charge >= 0.3 is 0 Å². The number of fused-ring (bicyclic) bond motifs is 1. The molecule has 3 heterocycles. The number of nitrogens with zero attached hydrogens (tertiary/aromatic N) is 3. The van der Waals surface area contributed by atoms with Gasteiger partial charge in [0.05, 0.1) is 0 Å². The van der Waals surface area contributed by atoms with Crippen LogP contribution in [0.2, 0.25) is 0 Å². The van der Waals surface area contributed by atoms with E-state index in [1.807, 2.05) is 29.0 Å². The van der Waals surface area contributed by atoms with E-state index in [1.54, 1.807) is 24.7 Å². The third-order valence-corrected chi connectivity index (χ3v) is 2.98. The van der Waals surface area contributed by atoms with Crippen LogP contribution < -0.4 is 5.43 Å². The van der Waals surface area contributed by atoms with Crippen molar-refractivity contribution < 1.29 is 0 Å². The molecule has 5 heteroatoms. The van der Waals surface area contributed by atoms with Gasteiger partial charge in [0.1, 0.15) is 17.8 Å². The summed E-state index contributed by atoms with van der Waals surface area (Å²) in [5, 5.41) is 0. The molecule has 0 saturated carbocycles. The van der Waals surface area contributed by atoms with E-state index >= 15 is 0 Å². The molecule has 0 bridgehead atoms. The molecular formula is C12H12N4O. The number of H-pyrrole nitrogens is 1. The van der Waals surface area contributed by atoms with Crippen LogP contribution in [0.5, 0.6) is 0 Å². The first-order chi connectivity index (χ1) is 8.16. The van der Waals surface area contributed by atoms with Crippen molar-refractivity contribution in [1.82, 2.24) is 18.9 Å². The average Bonchev–Trinajstić information content (AvgIpc) is 2.88. The zero-order chi connectivity index (χ0) is 12.0. The maximum atomic E-state index is 11.7. The minimum atomic E-state index is -0.0186. The summed E-state index contributed by atoms with van der Waals surface area (Å²) in [4.78, 5) is 18.9. The van der Waals surface area contributed by atoms with Crippen LogP contribution in [-0.2, 0) is 0 Å². The van der Waals surface area contributed by atoms with Gasteiger partial charge in [-0.15, -0.1) is 0 Å². The van der Waals surface area contributed by atoms with Gasteiger partial charge in [-0.3, -0.25) is 13.8 Å². The van der Waals surface area contributed by atoms with E-state index in [4.69, 9.17) is 0 Å². The van der Waals surface area contributed by atoms with E-state index in [2.05, 4.69) is 9.97 Å². The van der Waals surface area contributed by atoms with Crippen molar-refractivity contribution in [2.75, 3.05) is 0 Å². The van der Waals surface area contributed by atoms with Crippen LogP contribution in [0.1, 0.15) is 11.4 Å². The zero-order valence-corrected chi connectivity index (χ0v) is 9.64. The monoisotopic (exact) mass is 228 g/mol. The van der Waals surface area contributed by atoms with Crippen molar-refractivity contribution in [3.8, 4) is 5.82 Å². The van der Waals surface area contributed by atoms with Crippen molar-refractivity contribution in [2.45, 2.75) is 13.8 Å². The molecule has 0 saturated heterocycles. The fraction of sp³-hybridized carbons (Fsp3) is 0.167. The number of nitrogens with one attached hydrogen (secondary N) is 1. The van der Waals surface area contributed by atoms with Crippen LogP contribution in [-0.4, -0.2) is 18.9 Å². The van der Waals surface area contributed by atoms with E-state index in [1.165, 1.54) is 0 Å². The van der Waals surface area contributed by atoms with E-state index in [0.29, 0.717) is 0 Å². The maximum Gasteiger partial charge on any atom is 0.185 e. The summed E-state index contributed by atoms with van der Waals surface area (Å²) < 4.78 is 3.84. The lowest BCUT2D eigenvalue weighted by atomic mass is 10.3. The first kappa shape index (κ1) is 9.89. The molecular weight excluding hydrogens is 216 g/mol. The maximum absolute atomic E-state index is 11.7. The zero-order valence-electron chi connectivity index (χ0n) is 9.64. The number of aromatic nitrogens is 4. The van der Waals surface area contributed by atoms with Gasteiger partial charge in [0.2, 0.25) is 0 Å². The lowest BCUT2D eigenvalue weighted by Crippen LogP contribution is -2.08. The SMILES string of the molecule is Cc1[nH]c2cc(=O)cc(-n3ccnc3)n2c1C. The molecule has 3 aromatic rings. The normalized spacial score (nSPS) is 11.2. The third-order valence-electron chi connectivity index (χ3n) is 2.98. The molecule has 1 N–H and O–H groups in total. The number of pyridine rings is 1. The lowest BCUT2D eigenvalue weighted by Gasteiger charge is -2.07. The summed E-state index contributed by atoms with van der Waals surface area (Å²) in [6.07, 6.45) is 5.20. The molecule has 3 rings (SSSR count). The number of hydrogen-bond donors (Lipinski definition) is 1. The Morgan fingerprint density at radius 2 is 2.12 bits per heavy atom. The highest BCUT2D eigenvalue weighted by atomic mass is 16.1. The predicted octanol–water partition coefficient (Wildman–Crippen LogP) is 1.43. The fourth-order valence-corrected chi connectivity index (χ4v) is 2.04. The Morgan fingerprint density at radius 3 is 2.82 bits per heavy atom. The summed E-state index contributed by atoms with van der Waals surface area (Å²) in [5.41, 5.74) is 2.92. The van der Waals surface area contributed by atoms with Crippen LogP contribution >= 0.6 is 0 Å². The number of aromatic amines is 1. The Labute approximate surface area is 97.4 Å². The molecule has 5 nitrogen and oxygen atoms in total. The topological polar surface area (TPSA) is 55.1 Å². The Hall–Kier alpha value is -2.30. The van der Waals surface area contributed by atoms with Gasteiger partial charge in [0, 0.05) is 35.9 Å². The average molecular weight is 228 g/mol. The van der Waals surface area contributed by atoms with Crippen LogP contribution in [0.4, 0.5) is 0 Å². The quantitative estimate of drug-likeness (QED) is 0.685. The molecule has 0 amide bonds. The van der Waals surface area contributed by atoms with Gasteiger partial charge in [-0.1, -0.05) is 0 Å². The third kappa shape index (κ3) is 1.39. The van der Waals surface area contributed by atoms with Crippen molar-refractivity contribution in [3.63, 3.8) is 0 Å². The van der Waals surface area contributed by atoms with Gasteiger partial charge in [-0.25, -0.2) is 4.98 Å². The van der Waals surface area contributed by atoms with E-state index < -0.39 is 0 Å².